The Labute approximate surface area is 99.6 Å². The predicted octanol–water partition coefficient (Wildman–Crippen LogP) is 2.51. The Balaban J connectivity index is 2.84. The van der Waals surface area contributed by atoms with Gasteiger partial charge >= 0.3 is 5.97 Å². The van der Waals surface area contributed by atoms with E-state index in [4.69, 9.17) is 16.9 Å². The highest BCUT2D eigenvalue weighted by Crippen LogP contribution is 2.22. The van der Waals surface area contributed by atoms with Gasteiger partial charge in [0.15, 0.2) is 0 Å². The quantitative estimate of drug-likeness (QED) is 0.756. The summed E-state index contributed by atoms with van der Waals surface area (Å²) in [6.45, 7) is 0. The van der Waals surface area contributed by atoms with Gasteiger partial charge < -0.3 is 4.74 Å². The molecule has 0 radical (unpaired) electrons. The molecule has 0 aliphatic carbocycles. The number of nitriles is 1. The summed E-state index contributed by atoms with van der Waals surface area (Å²) < 4.78 is 4.56. The molecule has 0 saturated heterocycles. The highest BCUT2D eigenvalue weighted by atomic mass is 35.5. The van der Waals surface area contributed by atoms with Crippen LogP contribution >= 0.6 is 11.6 Å². The number of carbonyl (C=O) groups excluding carboxylic acids is 1. The van der Waals surface area contributed by atoms with Crippen LogP contribution in [-0.4, -0.2) is 13.1 Å². The third-order valence-electron chi connectivity index (χ3n) is 2.29. The second-order valence-corrected chi connectivity index (χ2v) is 3.70. The molecular weight excluding hydrogens is 226 g/mol. The summed E-state index contributed by atoms with van der Waals surface area (Å²) in [4.78, 5) is 11.0. The Bertz CT molecular complexity index is 424. The Kier molecular flexibility index (Phi) is 4.81. The van der Waals surface area contributed by atoms with E-state index in [-0.39, 0.29) is 12.4 Å². The Morgan fingerprint density at radius 3 is 2.94 bits per heavy atom. The zero-order valence-electron chi connectivity index (χ0n) is 9.00. The summed E-state index contributed by atoms with van der Waals surface area (Å²) in [7, 11) is 1.35. The summed E-state index contributed by atoms with van der Waals surface area (Å²) >= 11 is 6.03. The van der Waals surface area contributed by atoms with Gasteiger partial charge in [0.05, 0.1) is 19.6 Å². The van der Waals surface area contributed by atoms with E-state index in [0.717, 1.165) is 11.1 Å². The van der Waals surface area contributed by atoms with E-state index in [1.807, 2.05) is 6.07 Å². The van der Waals surface area contributed by atoms with Gasteiger partial charge in [0.1, 0.15) is 0 Å². The van der Waals surface area contributed by atoms with E-state index in [9.17, 15) is 4.79 Å². The largest absolute Gasteiger partial charge is 0.469 e. The summed E-state index contributed by atoms with van der Waals surface area (Å²) in [5, 5.41) is 9.27. The van der Waals surface area contributed by atoms with Crippen LogP contribution < -0.4 is 0 Å². The minimum Gasteiger partial charge on any atom is -0.469 e. The summed E-state index contributed by atoms with van der Waals surface area (Å²) in [6.07, 6.45) is 1.08. The van der Waals surface area contributed by atoms with Crippen LogP contribution in [0.25, 0.3) is 0 Å². The second-order valence-electron chi connectivity index (χ2n) is 3.29. The lowest BCUT2D eigenvalue weighted by atomic mass is 10.0. The van der Waals surface area contributed by atoms with Gasteiger partial charge in [-0.3, -0.25) is 4.79 Å². The lowest BCUT2D eigenvalue weighted by Crippen LogP contribution is -2.04. The van der Waals surface area contributed by atoms with Crippen molar-refractivity contribution in [3.63, 3.8) is 0 Å². The Morgan fingerprint density at radius 1 is 1.56 bits per heavy atom. The van der Waals surface area contributed by atoms with Crippen LogP contribution in [0.2, 0.25) is 5.02 Å². The van der Waals surface area contributed by atoms with Crippen LogP contribution in [0.3, 0.4) is 0 Å². The number of benzene rings is 1. The van der Waals surface area contributed by atoms with Crippen molar-refractivity contribution in [2.45, 2.75) is 19.3 Å². The van der Waals surface area contributed by atoms with Gasteiger partial charge in [0.2, 0.25) is 0 Å². The molecule has 0 spiro atoms. The maximum absolute atomic E-state index is 11.0. The molecule has 0 aliphatic rings. The van der Waals surface area contributed by atoms with Crippen LogP contribution in [0.4, 0.5) is 0 Å². The minimum atomic E-state index is -0.275. The van der Waals surface area contributed by atoms with E-state index in [1.54, 1.807) is 12.1 Å². The van der Waals surface area contributed by atoms with E-state index in [0.29, 0.717) is 17.9 Å². The first-order valence-electron chi connectivity index (χ1n) is 4.89. The fourth-order valence-electron chi connectivity index (χ4n) is 1.46. The van der Waals surface area contributed by atoms with Gasteiger partial charge in [-0.25, -0.2) is 0 Å². The highest BCUT2D eigenvalue weighted by molar-refractivity contribution is 6.31. The molecule has 16 heavy (non-hydrogen) atoms. The van der Waals surface area contributed by atoms with Gasteiger partial charge in [-0.15, -0.1) is 0 Å². The van der Waals surface area contributed by atoms with Gasteiger partial charge in [-0.2, -0.15) is 5.26 Å². The predicted molar refractivity (Wildman–Crippen MR) is 61.1 cm³/mol. The van der Waals surface area contributed by atoms with Crippen LogP contribution in [0.1, 0.15) is 17.5 Å². The summed E-state index contributed by atoms with van der Waals surface area (Å²) in [5.74, 6) is -0.275. The fraction of sp³-hybridized carbons (Fsp3) is 0.333. The van der Waals surface area contributed by atoms with Gasteiger partial charge in [-0.05, 0) is 23.6 Å². The first-order valence-corrected chi connectivity index (χ1v) is 5.27. The summed E-state index contributed by atoms with van der Waals surface area (Å²) in [6, 6.07) is 7.49. The number of rotatable bonds is 4. The molecule has 0 heterocycles. The first-order chi connectivity index (χ1) is 7.69. The highest BCUT2D eigenvalue weighted by Gasteiger charge is 2.09. The molecule has 0 unspecified atom stereocenters. The molecule has 84 valence electrons. The number of nitrogens with zero attached hydrogens (tertiary/aromatic N) is 1. The van der Waals surface area contributed by atoms with Gasteiger partial charge in [-0.1, -0.05) is 23.7 Å². The Hall–Kier alpha value is -1.53. The molecule has 0 aliphatic heterocycles. The van der Waals surface area contributed by atoms with Crippen LogP contribution in [0, 0.1) is 11.3 Å². The number of ether oxygens (including phenoxy) is 1. The molecule has 0 atom stereocenters. The number of methoxy groups -OCH3 is 1. The maximum Gasteiger partial charge on any atom is 0.305 e. The molecule has 0 saturated carbocycles. The van der Waals surface area contributed by atoms with Crippen molar-refractivity contribution in [2.24, 2.45) is 0 Å². The summed E-state index contributed by atoms with van der Waals surface area (Å²) in [5.41, 5.74) is 1.73. The van der Waals surface area contributed by atoms with Crippen LogP contribution in [0.5, 0.6) is 0 Å². The fourth-order valence-corrected chi connectivity index (χ4v) is 1.75. The monoisotopic (exact) mass is 237 g/mol. The van der Waals surface area contributed by atoms with Crippen LogP contribution in [-0.2, 0) is 22.4 Å². The maximum atomic E-state index is 11.0. The van der Waals surface area contributed by atoms with Crippen molar-refractivity contribution >= 4 is 17.6 Å². The van der Waals surface area contributed by atoms with Crippen molar-refractivity contribution in [1.29, 1.82) is 5.26 Å². The average molecular weight is 238 g/mol. The number of halogens is 1. The molecule has 0 aromatic heterocycles. The van der Waals surface area contributed by atoms with Crippen molar-refractivity contribution < 1.29 is 9.53 Å². The SMILES string of the molecule is COC(=O)CCc1c(Cl)cccc1CC#N. The molecule has 0 N–H and O–H groups in total. The molecule has 1 rings (SSSR count). The van der Waals surface area contributed by atoms with Crippen molar-refractivity contribution in [2.75, 3.05) is 7.11 Å². The van der Waals surface area contributed by atoms with Gasteiger partial charge in [0.25, 0.3) is 0 Å². The molecule has 0 fully saturated rings. The number of carbonyl (C=O) groups is 1. The average Bonchev–Trinajstić information content (AvgIpc) is 2.28. The third-order valence-corrected chi connectivity index (χ3v) is 2.65. The second kappa shape index (κ2) is 6.14. The molecule has 0 bridgehead atoms. The van der Waals surface area contributed by atoms with Crippen LogP contribution in [0.15, 0.2) is 18.2 Å². The standard InChI is InChI=1S/C12H12ClNO2/c1-16-12(15)6-5-10-9(7-8-14)3-2-4-11(10)13/h2-4H,5-7H2,1H3. The zero-order chi connectivity index (χ0) is 12.0. The van der Waals surface area contributed by atoms with E-state index in [2.05, 4.69) is 10.8 Å². The number of hydrogen-bond acceptors (Lipinski definition) is 3. The smallest absolute Gasteiger partial charge is 0.305 e. The minimum absolute atomic E-state index is 0.275. The van der Waals surface area contributed by atoms with Crippen molar-refractivity contribution in [3.05, 3.63) is 34.3 Å². The van der Waals surface area contributed by atoms with E-state index in [1.165, 1.54) is 7.11 Å². The number of hydrogen-bond donors (Lipinski definition) is 0. The molecule has 0 amide bonds. The lowest BCUT2D eigenvalue weighted by Gasteiger charge is -2.08. The molecule has 1 aromatic carbocycles. The Morgan fingerprint density at radius 2 is 2.31 bits per heavy atom. The lowest BCUT2D eigenvalue weighted by molar-refractivity contribution is -0.140. The van der Waals surface area contributed by atoms with Gasteiger partial charge in [0, 0.05) is 11.4 Å². The third kappa shape index (κ3) is 3.25. The normalized spacial score (nSPS) is 9.56. The van der Waals surface area contributed by atoms with E-state index >= 15 is 0 Å². The van der Waals surface area contributed by atoms with Crippen molar-refractivity contribution in [3.8, 4) is 6.07 Å². The van der Waals surface area contributed by atoms with Crippen molar-refractivity contribution in [1.82, 2.24) is 0 Å². The molecular formula is C12H12ClNO2. The topological polar surface area (TPSA) is 50.1 Å². The number of esters is 1. The molecule has 3 nitrogen and oxygen atoms in total. The first kappa shape index (κ1) is 12.5. The molecule has 4 heteroatoms. The molecule has 1 aromatic rings. The zero-order valence-corrected chi connectivity index (χ0v) is 9.75. The van der Waals surface area contributed by atoms with E-state index < -0.39 is 0 Å².